The van der Waals surface area contributed by atoms with Crippen LogP contribution in [0.2, 0.25) is 0 Å². The van der Waals surface area contributed by atoms with E-state index in [4.69, 9.17) is 9.26 Å². The molecule has 5 nitrogen and oxygen atoms in total. The van der Waals surface area contributed by atoms with Gasteiger partial charge in [0.1, 0.15) is 0 Å². The van der Waals surface area contributed by atoms with E-state index in [0.29, 0.717) is 11.7 Å². The molecule has 0 unspecified atom stereocenters. The number of likely N-dealkylation sites (tertiary alicyclic amines) is 1. The molecule has 0 amide bonds. The van der Waals surface area contributed by atoms with Gasteiger partial charge in [0.15, 0.2) is 5.82 Å². The first-order chi connectivity index (χ1) is 10.2. The Hall–Kier alpha value is -1.24. The summed E-state index contributed by atoms with van der Waals surface area (Å²) >= 11 is 1.76. The number of hydrogen-bond donors (Lipinski definition) is 0. The molecular weight excluding hydrogens is 286 g/mol. The normalized spacial score (nSPS) is 29.1. The summed E-state index contributed by atoms with van der Waals surface area (Å²) < 4.78 is 11.1. The lowest BCUT2D eigenvalue weighted by Gasteiger charge is -2.25. The summed E-state index contributed by atoms with van der Waals surface area (Å²) in [6.45, 7) is 6.71. The van der Waals surface area contributed by atoms with Crippen LogP contribution >= 0.6 is 11.3 Å². The number of fused-ring (bicyclic) bond motifs is 1. The Labute approximate surface area is 127 Å². The van der Waals surface area contributed by atoms with E-state index in [9.17, 15) is 0 Å². The Balaban J connectivity index is 1.50. The van der Waals surface area contributed by atoms with Crippen LogP contribution in [0, 0.1) is 18.3 Å². The fraction of sp³-hybridized carbons (Fsp3) is 0.600. The number of nitrogens with zero attached hydrogens (tertiary/aromatic N) is 3. The number of thiophene rings is 1. The fourth-order valence-electron chi connectivity index (χ4n) is 3.67. The molecule has 2 fully saturated rings. The molecule has 4 heterocycles. The molecule has 0 aromatic carbocycles. The Kier molecular flexibility index (Phi) is 3.32. The Morgan fingerprint density at radius 2 is 2.48 bits per heavy atom. The number of aromatic nitrogens is 2. The van der Waals surface area contributed by atoms with Crippen LogP contribution in [0.1, 0.15) is 17.3 Å². The average molecular weight is 305 g/mol. The molecule has 2 aliphatic rings. The van der Waals surface area contributed by atoms with Crippen LogP contribution in [-0.2, 0) is 17.7 Å². The summed E-state index contributed by atoms with van der Waals surface area (Å²) in [6, 6.07) is 2.21. The van der Waals surface area contributed by atoms with Gasteiger partial charge in [-0.15, -0.1) is 0 Å². The predicted molar refractivity (Wildman–Crippen MR) is 79.1 cm³/mol. The minimum Gasteiger partial charge on any atom is -0.380 e. The average Bonchev–Trinajstić information content (AvgIpc) is 3.16. The number of rotatable bonds is 4. The van der Waals surface area contributed by atoms with E-state index in [1.165, 1.54) is 5.56 Å². The minimum absolute atomic E-state index is 0.148. The number of aryl methyl sites for hydroxylation is 1. The second-order valence-electron chi connectivity index (χ2n) is 6.29. The van der Waals surface area contributed by atoms with Gasteiger partial charge in [-0.3, -0.25) is 4.90 Å². The topological polar surface area (TPSA) is 51.4 Å². The van der Waals surface area contributed by atoms with Gasteiger partial charge in [0.2, 0.25) is 5.89 Å². The lowest BCUT2D eigenvalue weighted by Crippen LogP contribution is -2.33. The maximum atomic E-state index is 5.76. The largest absolute Gasteiger partial charge is 0.380 e. The second-order valence-corrected chi connectivity index (χ2v) is 7.07. The molecular formula is C15H19N3O2S. The number of ether oxygens (including phenoxy) is 1. The first kappa shape index (κ1) is 13.4. The van der Waals surface area contributed by atoms with Crippen molar-refractivity contribution in [2.45, 2.75) is 19.9 Å². The molecule has 6 heteroatoms. The minimum atomic E-state index is 0.148. The molecule has 0 spiro atoms. The van der Waals surface area contributed by atoms with E-state index >= 15 is 0 Å². The Morgan fingerprint density at radius 3 is 3.24 bits per heavy atom. The van der Waals surface area contributed by atoms with Gasteiger partial charge in [0, 0.05) is 37.4 Å². The van der Waals surface area contributed by atoms with Gasteiger partial charge in [-0.05, 0) is 29.3 Å². The molecule has 2 aliphatic heterocycles. The second kappa shape index (κ2) is 5.19. The van der Waals surface area contributed by atoms with Crippen LogP contribution in [0.5, 0.6) is 0 Å². The SMILES string of the molecule is Cc1noc(C[C@]23COC[C@H]2CN(Cc2ccsc2)C3)n1. The zero-order valence-corrected chi connectivity index (χ0v) is 12.9. The lowest BCUT2D eigenvalue weighted by molar-refractivity contribution is 0.122. The van der Waals surface area contributed by atoms with Gasteiger partial charge in [0.25, 0.3) is 0 Å². The van der Waals surface area contributed by atoms with Crippen LogP contribution in [0.3, 0.4) is 0 Å². The first-order valence-electron chi connectivity index (χ1n) is 7.34. The molecule has 0 radical (unpaired) electrons. The van der Waals surface area contributed by atoms with Crippen molar-refractivity contribution >= 4 is 11.3 Å². The summed E-state index contributed by atoms with van der Waals surface area (Å²) in [7, 11) is 0. The quantitative estimate of drug-likeness (QED) is 0.866. The predicted octanol–water partition coefficient (Wildman–Crippen LogP) is 2.13. The van der Waals surface area contributed by atoms with Crippen LogP contribution < -0.4 is 0 Å². The molecule has 0 N–H and O–H groups in total. The van der Waals surface area contributed by atoms with Gasteiger partial charge < -0.3 is 9.26 Å². The van der Waals surface area contributed by atoms with Crippen LogP contribution in [-0.4, -0.2) is 41.3 Å². The van der Waals surface area contributed by atoms with Crippen molar-refractivity contribution in [2.75, 3.05) is 26.3 Å². The Bertz CT molecular complexity index is 612. The third kappa shape index (κ3) is 2.52. The summed E-state index contributed by atoms with van der Waals surface area (Å²) in [5, 5.41) is 8.29. The summed E-state index contributed by atoms with van der Waals surface area (Å²) in [6.07, 6.45) is 0.832. The highest BCUT2D eigenvalue weighted by atomic mass is 32.1. The van der Waals surface area contributed by atoms with E-state index in [0.717, 1.165) is 45.2 Å². The van der Waals surface area contributed by atoms with E-state index < -0.39 is 0 Å². The maximum Gasteiger partial charge on any atom is 0.227 e. The first-order valence-corrected chi connectivity index (χ1v) is 8.28. The van der Waals surface area contributed by atoms with Crippen molar-refractivity contribution in [1.29, 1.82) is 0 Å². The van der Waals surface area contributed by atoms with Crippen molar-refractivity contribution in [2.24, 2.45) is 11.3 Å². The molecule has 2 atom stereocenters. The maximum absolute atomic E-state index is 5.76. The summed E-state index contributed by atoms with van der Waals surface area (Å²) in [5.41, 5.74) is 1.55. The molecule has 4 rings (SSSR count). The summed E-state index contributed by atoms with van der Waals surface area (Å²) in [4.78, 5) is 6.92. The molecule has 21 heavy (non-hydrogen) atoms. The molecule has 2 aromatic heterocycles. The van der Waals surface area contributed by atoms with Crippen molar-refractivity contribution in [3.8, 4) is 0 Å². The van der Waals surface area contributed by atoms with Crippen molar-refractivity contribution in [1.82, 2.24) is 15.0 Å². The third-order valence-corrected chi connectivity index (χ3v) is 5.38. The fourth-order valence-corrected chi connectivity index (χ4v) is 4.33. The van der Waals surface area contributed by atoms with Crippen molar-refractivity contribution < 1.29 is 9.26 Å². The molecule has 0 saturated carbocycles. The molecule has 112 valence electrons. The van der Waals surface area contributed by atoms with Gasteiger partial charge in [-0.1, -0.05) is 5.16 Å². The zero-order valence-electron chi connectivity index (χ0n) is 12.1. The van der Waals surface area contributed by atoms with Gasteiger partial charge in [0.05, 0.1) is 13.2 Å². The smallest absolute Gasteiger partial charge is 0.227 e. The van der Waals surface area contributed by atoms with Gasteiger partial charge >= 0.3 is 0 Å². The molecule has 0 bridgehead atoms. The monoisotopic (exact) mass is 305 g/mol. The van der Waals surface area contributed by atoms with Gasteiger partial charge in [-0.25, -0.2) is 0 Å². The highest BCUT2D eigenvalue weighted by Crippen LogP contribution is 2.44. The van der Waals surface area contributed by atoms with Crippen LogP contribution in [0.15, 0.2) is 21.3 Å². The Morgan fingerprint density at radius 1 is 1.52 bits per heavy atom. The molecule has 2 aromatic rings. The molecule has 0 aliphatic carbocycles. The van der Waals surface area contributed by atoms with Crippen molar-refractivity contribution in [3.63, 3.8) is 0 Å². The number of hydrogen-bond acceptors (Lipinski definition) is 6. The summed E-state index contributed by atoms with van der Waals surface area (Å²) in [5.74, 6) is 2.04. The lowest BCUT2D eigenvalue weighted by atomic mass is 9.78. The van der Waals surface area contributed by atoms with Crippen molar-refractivity contribution in [3.05, 3.63) is 34.1 Å². The van der Waals surface area contributed by atoms with E-state index in [1.807, 2.05) is 6.92 Å². The van der Waals surface area contributed by atoms with E-state index in [2.05, 4.69) is 31.9 Å². The molecule has 2 saturated heterocycles. The van der Waals surface area contributed by atoms with Crippen LogP contribution in [0.25, 0.3) is 0 Å². The van der Waals surface area contributed by atoms with Gasteiger partial charge in [-0.2, -0.15) is 16.3 Å². The van der Waals surface area contributed by atoms with Crippen LogP contribution in [0.4, 0.5) is 0 Å². The van der Waals surface area contributed by atoms with E-state index in [1.54, 1.807) is 11.3 Å². The zero-order chi connectivity index (χ0) is 14.3. The highest BCUT2D eigenvalue weighted by molar-refractivity contribution is 7.07. The third-order valence-electron chi connectivity index (χ3n) is 4.65. The van der Waals surface area contributed by atoms with E-state index in [-0.39, 0.29) is 5.41 Å². The highest BCUT2D eigenvalue weighted by Gasteiger charge is 2.51. The standard InChI is InChI=1S/C15H19N3O2S/c1-11-16-14(20-17-11)4-15-9-18(5-12-2-3-21-8-12)6-13(15)7-19-10-15/h2-3,8,13H,4-7,9-10H2,1H3/t13-,15+/m1/s1.